The first-order valence-electron chi connectivity index (χ1n) is 13.7. The van der Waals surface area contributed by atoms with Crippen LogP contribution in [0.2, 0.25) is 0 Å². The molecule has 2 unspecified atom stereocenters. The number of aliphatic imine (C=N–C) groups is 1. The Morgan fingerprint density at radius 3 is 2.05 bits per heavy atom. The topological polar surface area (TPSA) is 152 Å². The third-order valence-corrected chi connectivity index (χ3v) is 6.57. The van der Waals surface area contributed by atoms with Gasteiger partial charge in [-0.05, 0) is 37.1 Å². The molecule has 2 aromatic heterocycles. The van der Waals surface area contributed by atoms with E-state index in [0.29, 0.717) is 0 Å². The van der Waals surface area contributed by atoms with Crippen LogP contribution in [-0.2, 0) is 41.8 Å². The van der Waals surface area contributed by atoms with Crippen molar-refractivity contribution in [3.8, 4) is 0 Å². The number of aromatic nitrogens is 2. The molecule has 0 saturated heterocycles. The van der Waals surface area contributed by atoms with E-state index in [-0.39, 0.29) is 67.9 Å². The highest BCUT2D eigenvalue weighted by molar-refractivity contribution is 6.08. The summed E-state index contributed by atoms with van der Waals surface area (Å²) in [4.78, 5) is 51.6. The Balaban J connectivity index is 1.83. The second kappa shape index (κ2) is 15.4. The number of benzene rings is 1. The molecule has 0 radical (unpaired) electrons. The molecule has 0 saturated carbocycles. The number of rotatable bonds is 14. The van der Waals surface area contributed by atoms with E-state index in [9.17, 15) is 19.7 Å². The molecule has 0 bridgehead atoms. The summed E-state index contributed by atoms with van der Waals surface area (Å²) < 4.78 is 22.7. The number of carbonyl (C=O) groups excluding carboxylic acids is 2. The van der Waals surface area contributed by atoms with E-state index in [1.165, 1.54) is 18.2 Å². The fourth-order valence-corrected chi connectivity index (χ4v) is 4.79. The number of hydrogen-bond donors (Lipinski definition) is 0. The summed E-state index contributed by atoms with van der Waals surface area (Å²) in [5.41, 5.74) is 1.85. The first-order valence-corrected chi connectivity index (χ1v) is 13.7. The van der Waals surface area contributed by atoms with Crippen molar-refractivity contribution in [1.82, 2.24) is 9.97 Å². The lowest BCUT2D eigenvalue weighted by Gasteiger charge is -2.33. The number of para-hydroxylation sites is 1. The van der Waals surface area contributed by atoms with Crippen molar-refractivity contribution in [1.29, 1.82) is 0 Å². The fraction of sp³-hybridized carbons (Fsp3) is 0.323. The Morgan fingerprint density at radius 2 is 1.47 bits per heavy atom. The first-order chi connectivity index (χ1) is 20.9. The molecule has 1 aromatic carbocycles. The number of hydrogen-bond acceptors (Lipinski definition) is 11. The predicted octanol–water partition coefficient (Wildman–Crippen LogP) is 4.35. The number of ether oxygens (including phenoxy) is 4. The summed E-state index contributed by atoms with van der Waals surface area (Å²) in [5.74, 6) is -3.84. The minimum absolute atomic E-state index is 0.0172. The minimum Gasteiger partial charge on any atom is -0.465 e. The van der Waals surface area contributed by atoms with E-state index in [0.717, 1.165) is 11.1 Å². The van der Waals surface area contributed by atoms with Crippen LogP contribution in [0.25, 0.3) is 0 Å². The van der Waals surface area contributed by atoms with Gasteiger partial charge in [0, 0.05) is 42.3 Å². The highest BCUT2D eigenvalue weighted by Crippen LogP contribution is 2.43. The van der Waals surface area contributed by atoms with Crippen molar-refractivity contribution in [2.75, 3.05) is 26.4 Å². The van der Waals surface area contributed by atoms with Gasteiger partial charge in [0.25, 0.3) is 5.69 Å². The van der Waals surface area contributed by atoms with Gasteiger partial charge in [0.15, 0.2) is 0 Å². The average Bonchev–Trinajstić information content (AvgIpc) is 3.02. The average molecular weight is 589 g/mol. The molecule has 0 fully saturated rings. The predicted molar refractivity (Wildman–Crippen MR) is 155 cm³/mol. The molecule has 1 aliphatic rings. The summed E-state index contributed by atoms with van der Waals surface area (Å²) >= 11 is 0. The molecule has 0 spiro atoms. The fourth-order valence-electron chi connectivity index (χ4n) is 4.79. The molecule has 2 atom stereocenters. The number of esters is 2. The Hall–Kier alpha value is -4.81. The van der Waals surface area contributed by atoms with Crippen LogP contribution in [0.15, 0.2) is 89.6 Å². The van der Waals surface area contributed by atoms with Gasteiger partial charge in [-0.15, -0.1) is 0 Å². The summed E-state index contributed by atoms with van der Waals surface area (Å²) in [6, 6.07) is 13.2. The SMILES string of the molecule is CCOC(=O)C1=C(COCc2cccnc2)N=C(COCc2cccnc2)C(C(=O)OCC)C1c1ccccc1[N+](=O)[O-]. The van der Waals surface area contributed by atoms with Gasteiger partial charge in [-0.25, -0.2) is 4.79 Å². The molecule has 4 rings (SSSR count). The number of pyridine rings is 2. The highest BCUT2D eigenvalue weighted by Gasteiger charge is 2.46. The first kappa shape index (κ1) is 31.1. The van der Waals surface area contributed by atoms with Crippen LogP contribution >= 0.6 is 0 Å². The normalized spacial score (nSPS) is 16.4. The maximum Gasteiger partial charge on any atom is 0.336 e. The molecule has 1 aliphatic heterocycles. The number of carbonyl (C=O) groups is 2. The smallest absolute Gasteiger partial charge is 0.336 e. The third kappa shape index (κ3) is 7.93. The van der Waals surface area contributed by atoms with Gasteiger partial charge in [0.1, 0.15) is 5.92 Å². The van der Waals surface area contributed by atoms with Crippen molar-refractivity contribution < 1.29 is 33.5 Å². The van der Waals surface area contributed by atoms with Crippen LogP contribution < -0.4 is 0 Å². The van der Waals surface area contributed by atoms with E-state index >= 15 is 0 Å². The van der Waals surface area contributed by atoms with E-state index in [1.807, 2.05) is 12.1 Å². The lowest BCUT2D eigenvalue weighted by atomic mass is 9.74. The Bertz CT molecular complexity index is 1480. The lowest BCUT2D eigenvalue weighted by molar-refractivity contribution is -0.385. The second-order valence-corrected chi connectivity index (χ2v) is 9.42. The molecule has 12 nitrogen and oxygen atoms in total. The van der Waals surface area contributed by atoms with Gasteiger partial charge in [-0.2, -0.15) is 0 Å². The van der Waals surface area contributed by atoms with Gasteiger partial charge in [0.2, 0.25) is 0 Å². The molecule has 224 valence electrons. The number of nitro groups is 1. The quantitative estimate of drug-likeness (QED) is 0.151. The van der Waals surface area contributed by atoms with Gasteiger partial charge in [-0.3, -0.25) is 29.9 Å². The summed E-state index contributed by atoms with van der Waals surface area (Å²) in [5, 5.41) is 12.2. The van der Waals surface area contributed by atoms with E-state index in [4.69, 9.17) is 23.9 Å². The zero-order valence-electron chi connectivity index (χ0n) is 23.9. The van der Waals surface area contributed by atoms with Crippen LogP contribution in [0.4, 0.5) is 5.69 Å². The van der Waals surface area contributed by atoms with Crippen molar-refractivity contribution in [2.24, 2.45) is 10.9 Å². The molecule has 43 heavy (non-hydrogen) atoms. The van der Waals surface area contributed by atoms with Crippen LogP contribution in [-0.4, -0.2) is 59.0 Å². The largest absolute Gasteiger partial charge is 0.465 e. The number of nitrogens with zero attached hydrogens (tertiary/aromatic N) is 4. The molecular formula is C31H32N4O8. The van der Waals surface area contributed by atoms with E-state index in [1.54, 1.807) is 56.8 Å². The van der Waals surface area contributed by atoms with Crippen molar-refractivity contribution in [2.45, 2.75) is 33.0 Å². The van der Waals surface area contributed by atoms with Crippen LogP contribution in [0, 0.1) is 16.0 Å². The monoisotopic (exact) mass is 588 g/mol. The van der Waals surface area contributed by atoms with Crippen LogP contribution in [0.1, 0.15) is 36.5 Å². The highest BCUT2D eigenvalue weighted by atomic mass is 16.6. The molecular weight excluding hydrogens is 556 g/mol. The van der Waals surface area contributed by atoms with Crippen molar-refractivity contribution >= 4 is 23.3 Å². The second-order valence-electron chi connectivity index (χ2n) is 9.42. The number of nitro benzene ring substituents is 1. The lowest BCUT2D eigenvalue weighted by Crippen LogP contribution is -2.40. The maximum atomic E-state index is 13.6. The van der Waals surface area contributed by atoms with Crippen LogP contribution in [0.3, 0.4) is 0 Å². The van der Waals surface area contributed by atoms with E-state index < -0.39 is 28.7 Å². The van der Waals surface area contributed by atoms with Crippen molar-refractivity contribution in [3.05, 3.63) is 111 Å². The summed E-state index contributed by atoms with van der Waals surface area (Å²) in [6.07, 6.45) is 6.58. The Labute approximate surface area is 248 Å². The molecule has 3 heterocycles. The molecule has 3 aromatic rings. The van der Waals surface area contributed by atoms with E-state index in [2.05, 4.69) is 9.97 Å². The Morgan fingerprint density at radius 1 is 0.837 bits per heavy atom. The standard InChI is InChI=1S/C31H32N4O8/c1-3-42-30(36)28-24(19-40-17-21-9-7-13-32-15-21)34-25(20-41-18-22-10-8-14-33-16-22)29(31(37)43-4-2)27(28)23-11-5-6-12-26(23)35(38)39/h5-16,27-28H,3-4,17-20H2,1-2H3. The zero-order valence-corrected chi connectivity index (χ0v) is 23.9. The summed E-state index contributed by atoms with van der Waals surface area (Å²) in [7, 11) is 0. The molecule has 12 heteroatoms. The molecule has 0 N–H and O–H groups in total. The molecule has 0 aliphatic carbocycles. The summed E-state index contributed by atoms with van der Waals surface area (Å²) in [6.45, 7) is 3.42. The minimum atomic E-state index is -1.21. The van der Waals surface area contributed by atoms with Gasteiger partial charge < -0.3 is 18.9 Å². The van der Waals surface area contributed by atoms with Gasteiger partial charge in [0.05, 0.1) is 61.5 Å². The molecule has 0 amide bonds. The maximum absolute atomic E-state index is 13.6. The zero-order chi connectivity index (χ0) is 30.6. The van der Waals surface area contributed by atoms with Crippen molar-refractivity contribution in [3.63, 3.8) is 0 Å². The van der Waals surface area contributed by atoms with Gasteiger partial charge >= 0.3 is 11.9 Å². The van der Waals surface area contributed by atoms with Crippen LogP contribution in [0.5, 0.6) is 0 Å². The van der Waals surface area contributed by atoms with Gasteiger partial charge in [-0.1, -0.05) is 30.3 Å². The Kier molecular flexibility index (Phi) is 11.2. The third-order valence-electron chi connectivity index (χ3n) is 6.57.